The number of para-hydroxylation sites is 2. The van der Waals surface area contributed by atoms with Crippen molar-refractivity contribution in [3.63, 3.8) is 0 Å². The molecule has 1 atom stereocenters. The van der Waals surface area contributed by atoms with Gasteiger partial charge in [0, 0.05) is 44.8 Å². The van der Waals surface area contributed by atoms with E-state index in [2.05, 4.69) is 11.0 Å². The Bertz CT molecular complexity index is 904. The highest BCUT2D eigenvalue weighted by molar-refractivity contribution is 6.00. The molecular weight excluding hydrogens is 378 g/mol. The summed E-state index contributed by atoms with van der Waals surface area (Å²) in [5.74, 6) is 0.744. The lowest BCUT2D eigenvalue weighted by Crippen LogP contribution is -2.50. The number of rotatable bonds is 5. The molecule has 158 valence electrons. The first kappa shape index (κ1) is 20.3. The van der Waals surface area contributed by atoms with Gasteiger partial charge in [0.1, 0.15) is 5.75 Å². The van der Waals surface area contributed by atoms with Crippen molar-refractivity contribution in [1.82, 2.24) is 4.90 Å². The van der Waals surface area contributed by atoms with E-state index >= 15 is 0 Å². The van der Waals surface area contributed by atoms with Gasteiger partial charge in [0.15, 0.2) is 0 Å². The highest BCUT2D eigenvalue weighted by Gasteiger charge is 2.38. The molecule has 0 spiro atoms. The average molecular weight is 408 g/mol. The van der Waals surface area contributed by atoms with E-state index in [1.54, 1.807) is 4.90 Å². The summed E-state index contributed by atoms with van der Waals surface area (Å²) in [7, 11) is 0. The SMILES string of the molecule is CCOc1ccccc1N1CCN(C(=O)C2CC(=O)N(c3ccc(C)cc3)C2)CC1. The van der Waals surface area contributed by atoms with Crippen LogP contribution in [0.25, 0.3) is 0 Å². The van der Waals surface area contributed by atoms with Gasteiger partial charge < -0.3 is 19.4 Å². The number of amides is 2. The largest absolute Gasteiger partial charge is 0.492 e. The quantitative estimate of drug-likeness (QED) is 0.764. The summed E-state index contributed by atoms with van der Waals surface area (Å²) in [6.45, 7) is 7.95. The summed E-state index contributed by atoms with van der Waals surface area (Å²) < 4.78 is 5.75. The monoisotopic (exact) mass is 407 g/mol. The minimum atomic E-state index is -0.263. The number of aryl methyl sites for hydroxylation is 1. The molecule has 0 aliphatic carbocycles. The summed E-state index contributed by atoms with van der Waals surface area (Å²) in [5.41, 5.74) is 3.10. The van der Waals surface area contributed by atoms with E-state index in [1.165, 1.54) is 0 Å². The number of hydrogen-bond acceptors (Lipinski definition) is 4. The van der Waals surface area contributed by atoms with Crippen LogP contribution in [0, 0.1) is 12.8 Å². The first-order valence-corrected chi connectivity index (χ1v) is 10.7. The van der Waals surface area contributed by atoms with E-state index in [0.29, 0.717) is 32.7 Å². The van der Waals surface area contributed by atoms with E-state index in [9.17, 15) is 9.59 Å². The molecule has 6 heteroatoms. The highest BCUT2D eigenvalue weighted by atomic mass is 16.5. The molecule has 0 radical (unpaired) electrons. The Morgan fingerprint density at radius 2 is 1.73 bits per heavy atom. The van der Waals surface area contributed by atoms with Gasteiger partial charge in [-0.3, -0.25) is 9.59 Å². The lowest BCUT2D eigenvalue weighted by Gasteiger charge is -2.37. The van der Waals surface area contributed by atoms with Crippen molar-refractivity contribution in [3.8, 4) is 5.75 Å². The molecule has 4 rings (SSSR count). The van der Waals surface area contributed by atoms with Crippen LogP contribution in [0.1, 0.15) is 18.9 Å². The van der Waals surface area contributed by atoms with E-state index in [-0.39, 0.29) is 17.7 Å². The fourth-order valence-corrected chi connectivity index (χ4v) is 4.27. The van der Waals surface area contributed by atoms with E-state index < -0.39 is 0 Å². The minimum Gasteiger partial charge on any atom is -0.492 e. The number of carbonyl (C=O) groups excluding carboxylic acids is 2. The Morgan fingerprint density at radius 3 is 2.43 bits per heavy atom. The molecule has 30 heavy (non-hydrogen) atoms. The van der Waals surface area contributed by atoms with Crippen LogP contribution in [0.2, 0.25) is 0 Å². The van der Waals surface area contributed by atoms with Crippen molar-refractivity contribution in [2.75, 3.05) is 49.1 Å². The predicted octanol–water partition coefficient (Wildman–Crippen LogP) is 3.10. The van der Waals surface area contributed by atoms with Crippen LogP contribution in [0.15, 0.2) is 48.5 Å². The van der Waals surface area contributed by atoms with E-state index in [4.69, 9.17) is 4.74 Å². The van der Waals surface area contributed by atoms with Crippen molar-refractivity contribution < 1.29 is 14.3 Å². The first-order valence-electron chi connectivity index (χ1n) is 10.7. The van der Waals surface area contributed by atoms with Gasteiger partial charge in [-0.25, -0.2) is 0 Å². The maximum absolute atomic E-state index is 13.1. The molecule has 2 aliphatic rings. The maximum atomic E-state index is 13.1. The first-order chi connectivity index (χ1) is 14.6. The number of benzene rings is 2. The average Bonchev–Trinajstić information content (AvgIpc) is 3.16. The summed E-state index contributed by atoms with van der Waals surface area (Å²) in [6, 6.07) is 15.9. The Morgan fingerprint density at radius 1 is 1.03 bits per heavy atom. The zero-order chi connectivity index (χ0) is 21.1. The van der Waals surface area contributed by atoms with Crippen LogP contribution in [0.5, 0.6) is 5.75 Å². The molecule has 2 amide bonds. The molecule has 0 aromatic heterocycles. The van der Waals surface area contributed by atoms with Crippen molar-refractivity contribution in [3.05, 3.63) is 54.1 Å². The highest BCUT2D eigenvalue weighted by Crippen LogP contribution is 2.30. The molecular formula is C24H29N3O3. The standard InChI is InChI=1S/C24H29N3O3/c1-3-30-22-7-5-4-6-21(22)25-12-14-26(15-13-25)24(29)19-16-23(28)27(17-19)20-10-8-18(2)9-11-20/h4-11,19H,3,12-17H2,1-2H3. The fraction of sp³-hybridized carbons (Fsp3) is 0.417. The van der Waals surface area contributed by atoms with Gasteiger partial charge in [0.25, 0.3) is 0 Å². The molecule has 2 heterocycles. The molecule has 2 fully saturated rings. The van der Waals surface area contributed by atoms with Gasteiger partial charge in [-0.05, 0) is 38.1 Å². The second kappa shape index (κ2) is 8.78. The molecule has 0 N–H and O–H groups in total. The molecule has 2 aliphatic heterocycles. The van der Waals surface area contributed by atoms with Gasteiger partial charge in [0.05, 0.1) is 18.2 Å². The Kier molecular flexibility index (Phi) is 5.93. The maximum Gasteiger partial charge on any atom is 0.228 e. The second-order valence-corrected chi connectivity index (χ2v) is 7.95. The van der Waals surface area contributed by atoms with Crippen molar-refractivity contribution >= 4 is 23.2 Å². The topological polar surface area (TPSA) is 53.1 Å². The second-order valence-electron chi connectivity index (χ2n) is 7.95. The molecule has 1 unspecified atom stereocenters. The van der Waals surface area contributed by atoms with Crippen molar-refractivity contribution in [2.24, 2.45) is 5.92 Å². The summed E-state index contributed by atoms with van der Waals surface area (Å²) in [5, 5.41) is 0. The molecule has 2 saturated heterocycles. The van der Waals surface area contributed by atoms with Gasteiger partial charge >= 0.3 is 0 Å². The van der Waals surface area contributed by atoms with Crippen molar-refractivity contribution in [1.29, 1.82) is 0 Å². The fourth-order valence-electron chi connectivity index (χ4n) is 4.27. The molecule has 6 nitrogen and oxygen atoms in total. The molecule has 2 aromatic rings. The third-order valence-electron chi connectivity index (χ3n) is 5.92. The van der Waals surface area contributed by atoms with E-state index in [0.717, 1.165) is 35.8 Å². The lowest BCUT2D eigenvalue weighted by atomic mass is 10.1. The third kappa shape index (κ3) is 4.13. The van der Waals surface area contributed by atoms with Crippen LogP contribution >= 0.6 is 0 Å². The summed E-state index contributed by atoms with van der Waals surface area (Å²) in [4.78, 5) is 31.6. The molecule has 2 aromatic carbocycles. The van der Waals surface area contributed by atoms with Crippen LogP contribution in [-0.4, -0.2) is 56.0 Å². The van der Waals surface area contributed by atoms with Crippen LogP contribution in [0.4, 0.5) is 11.4 Å². The number of carbonyl (C=O) groups is 2. The van der Waals surface area contributed by atoms with E-state index in [1.807, 2.05) is 61.2 Å². The normalized spacial score (nSPS) is 19.3. The van der Waals surface area contributed by atoms with Gasteiger partial charge in [-0.2, -0.15) is 0 Å². The number of ether oxygens (including phenoxy) is 1. The number of anilines is 2. The Labute approximate surface area is 178 Å². The predicted molar refractivity (Wildman–Crippen MR) is 118 cm³/mol. The number of nitrogens with zero attached hydrogens (tertiary/aromatic N) is 3. The van der Waals surface area contributed by atoms with Gasteiger partial charge in [-0.1, -0.05) is 29.8 Å². The smallest absolute Gasteiger partial charge is 0.228 e. The van der Waals surface area contributed by atoms with Crippen molar-refractivity contribution in [2.45, 2.75) is 20.3 Å². The van der Waals surface area contributed by atoms with Crippen LogP contribution in [-0.2, 0) is 9.59 Å². The third-order valence-corrected chi connectivity index (χ3v) is 5.92. The zero-order valence-corrected chi connectivity index (χ0v) is 17.7. The Hall–Kier alpha value is -3.02. The zero-order valence-electron chi connectivity index (χ0n) is 17.7. The molecule has 0 saturated carbocycles. The van der Waals surface area contributed by atoms with Crippen LogP contribution < -0.4 is 14.5 Å². The lowest BCUT2D eigenvalue weighted by molar-refractivity contribution is -0.136. The summed E-state index contributed by atoms with van der Waals surface area (Å²) >= 11 is 0. The number of hydrogen-bond donors (Lipinski definition) is 0. The van der Waals surface area contributed by atoms with Crippen LogP contribution in [0.3, 0.4) is 0 Å². The van der Waals surface area contributed by atoms with Gasteiger partial charge in [0.2, 0.25) is 11.8 Å². The molecule has 0 bridgehead atoms. The summed E-state index contributed by atoms with van der Waals surface area (Å²) in [6.07, 6.45) is 0.292. The van der Waals surface area contributed by atoms with Gasteiger partial charge in [-0.15, -0.1) is 0 Å². The minimum absolute atomic E-state index is 0.0291. The Balaban J connectivity index is 1.37. The number of piperazine rings is 1.